The first kappa shape index (κ1) is 17.4. The molecule has 0 aromatic carbocycles. The van der Waals surface area contributed by atoms with Gasteiger partial charge in [0.2, 0.25) is 5.91 Å². The Hall–Kier alpha value is -1.44. The molecule has 0 aliphatic carbocycles. The molecule has 3 rings (SSSR count). The quantitative estimate of drug-likeness (QED) is 0.844. The molecule has 134 valence electrons. The predicted octanol–water partition coefficient (Wildman–Crippen LogP) is 0.520. The van der Waals surface area contributed by atoms with Gasteiger partial charge in [0.1, 0.15) is 5.76 Å². The first-order valence-electron chi connectivity index (χ1n) is 8.69. The van der Waals surface area contributed by atoms with E-state index in [1.165, 1.54) is 0 Å². The van der Waals surface area contributed by atoms with Crippen LogP contribution >= 0.6 is 0 Å². The highest BCUT2D eigenvalue weighted by Crippen LogP contribution is 2.24. The van der Waals surface area contributed by atoms with Gasteiger partial charge in [0, 0.05) is 38.2 Å². The smallest absolute Gasteiger partial charge is 0.223 e. The third-order valence-corrected chi connectivity index (χ3v) is 5.08. The molecule has 1 N–H and O–H groups in total. The molecule has 1 amide bonds. The molecule has 0 spiro atoms. The van der Waals surface area contributed by atoms with Crippen LogP contribution in [0.3, 0.4) is 0 Å². The molecule has 1 unspecified atom stereocenters. The number of nitrogens with zero attached hydrogens (tertiary/aromatic N) is 3. The minimum absolute atomic E-state index is 0.0907. The van der Waals surface area contributed by atoms with Crippen molar-refractivity contribution in [2.24, 2.45) is 0 Å². The summed E-state index contributed by atoms with van der Waals surface area (Å²) >= 11 is 0. The molecule has 2 saturated heterocycles. The van der Waals surface area contributed by atoms with Crippen molar-refractivity contribution in [1.29, 1.82) is 0 Å². The van der Waals surface area contributed by atoms with Gasteiger partial charge in [0.25, 0.3) is 0 Å². The number of ether oxygens (including phenoxy) is 1. The number of hydrogen-bond donors (Lipinski definition) is 1. The number of carbonyl (C=O) groups is 1. The molecule has 2 aliphatic heterocycles. The van der Waals surface area contributed by atoms with E-state index in [0.717, 1.165) is 43.3 Å². The van der Waals surface area contributed by atoms with Gasteiger partial charge < -0.3 is 19.3 Å². The number of hydrogen-bond acceptors (Lipinski definition) is 6. The number of morpholine rings is 1. The Labute approximate surface area is 142 Å². The van der Waals surface area contributed by atoms with E-state index in [2.05, 4.69) is 10.1 Å². The van der Waals surface area contributed by atoms with Gasteiger partial charge in [-0.1, -0.05) is 5.16 Å². The second kappa shape index (κ2) is 7.21. The first-order chi connectivity index (χ1) is 11.5. The fraction of sp³-hybridized carbons (Fsp3) is 0.765. The average Bonchev–Trinajstić information content (AvgIpc) is 3.10. The molecule has 2 aliphatic rings. The zero-order chi connectivity index (χ0) is 17.2. The predicted molar refractivity (Wildman–Crippen MR) is 87.7 cm³/mol. The topological polar surface area (TPSA) is 79.0 Å². The van der Waals surface area contributed by atoms with Crippen LogP contribution in [0.2, 0.25) is 0 Å². The zero-order valence-corrected chi connectivity index (χ0v) is 14.6. The number of aliphatic hydroxyl groups is 1. The van der Waals surface area contributed by atoms with Crippen molar-refractivity contribution in [3.8, 4) is 0 Å². The summed E-state index contributed by atoms with van der Waals surface area (Å²) in [5.74, 6) is 0.874. The maximum atomic E-state index is 12.5. The molecule has 1 aromatic heterocycles. The Kier molecular flexibility index (Phi) is 5.22. The van der Waals surface area contributed by atoms with Crippen LogP contribution in [0.5, 0.6) is 0 Å². The second-order valence-electron chi connectivity index (χ2n) is 6.98. The molecule has 0 saturated carbocycles. The van der Waals surface area contributed by atoms with E-state index in [-0.39, 0.29) is 5.91 Å². The summed E-state index contributed by atoms with van der Waals surface area (Å²) in [7, 11) is 0. The number of likely N-dealkylation sites (tertiary alicyclic amines) is 1. The van der Waals surface area contributed by atoms with Crippen molar-refractivity contribution in [2.75, 3.05) is 45.9 Å². The Bertz CT molecular complexity index is 563. The van der Waals surface area contributed by atoms with Crippen LogP contribution in [0.1, 0.15) is 29.9 Å². The number of rotatable bonds is 5. The fourth-order valence-electron chi connectivity index (χ4n) is 3.62. The molecule has 7 heteroatoms. The molecule has 1 atom stereocenters. The van der Waals surface area contributed by atoms with Crippen molar-refractivity contribution in [3.05, 3.63) is 17.0 Å². The van der Waals surface area contributed by atoms with E-state index in [1.807, 2.05) is 13.8 Å². The lowest BCUT2D eigenvalue weighted by Gasteiger charge is -2.33. The van der Waals surface area contributed by atoms with E-state index in [4.69, 9.17) is 9.26 Å². The Balaban J connectivity index is 1.50. The van der Waals surface area contributed by atoms with Crippen molar-refractivity contribution < 1.29 is 19.2 Å². The third-order valence-electron chi connectivity index (χ3n) is 5.08. The second-order valence-corrected chi connectivity index (χ2v) is 6.98. The lowest BCUT2D eigenvalue weighted by Crippen LogP contribution is -2.49. The normalized spacial score (nSPS) is 25.4. The van der Waals surface area contributed by atoms with Crippen molar-refractivity contribution in [2.45, 2.75) is 38.7 Å². The van der Waals surface area contributed by atoms with Crippen LogP contribution in [0.15, 0.2) is 4.52 Å². The Morgan fingerprint density at radius 1 is 1.29 bits per heavy atom. The highest BCUT2D eigenvalue weighted by Gasteiger charge is 2.39. The van der Waals surface area contributed by atoms with Crippen molar-refractivity contribution in [1.82, 2.24) is 15.0 Å². The maximum absolute atomic E-state index is 12.5. The summed E-state index contributed by atoms with van der Waals surface area (Å²) in [6.45, 7) is 8.57. The summed E-state index contributed by atoms with van der Waals surface area (Å²) in [6, 6.07) is 0. The summed E-state index contributed by atoms with van der Waals surface area (Å²) in [4.78, 5) is 16.5. The number of aromatic nitrogens is 1. The van der Waals surface area contributed by atoms with Crippen molar-refractivity contribution >= 4 is 5.91 Å². The Morgan fingerprint density at radius 3 is 2.71 bits per heavy atom. The molecule has 3 heterocycles. The van der Waals surface area contributed by atoms with Gasteiger partial charge in [-0.3, -0.25) is 9.69 Å². The fourth-order valence-corrected chi connectivity index (χ4v) is 3.62. The highest BCUT2D eigenvalue weighted by molar-refractivity contribution is 5.77. The van der Waals surface area contributed by atoms with E-state index in [0.29, 0.717) is 38.9 Å². The average molecular weight is 337 g/mol. The van der Waals surface area contributed by atoms with Gasteiger partial charge in [0.15, 0.2) is 0 Å². The van der Waals surface area contributed by atoms with Crippen molar-refractivity contribution in [3.63, 3.8) is 0 Å². The highest BCUT2D eigenvalue weighted by atomic mass is 16.5. The van der Waals surface area contributed by atoms with Crippen LogP contribution < -0.4 is 0 Å². The van der Waals surface area contributed by atoms with Crippen LogP contribution in [0.25, 0.3) is 0 Å². The maximum Gasteiger partial charge on any atom is 0.223 e. The van der Waals surface area contributed by atoms with Gasteiger partial charge in [-0.05, 0) is 26.7 Å². The minimum Gasteiger partial charge on any atom is -0.387 e. The van der Waals surface area contributed by atoms with Gasteiger partial charge >= 0.3 is 0 Å². The van der Waals surface area contributed by atoms with Gasteiger partial charge in [-0.2, -0.15) is 0 Å². The van der Waals surface area contributed by atoms with Gasteiger partial charge in [-0.25, -0.2) is 0 Å². The molecule has 0 radical (unpaired) electrons. The largest absolute Gasteiger partial charge is 0.387 e. The number of aryl methyl sites for hydroxylation is 2. The molecule has 7 nitrogen and oxygen atoms in total. The SMILES string of the molecule is Cc1noc(C)c1CCC(=O)N1CCC(O)(CN2CCOCC2)C1. The lowest BCUT2D eigenvalue weighted by molar-refractivity contribution is -0.131. The summed E-state index contributed by atoms with van der Waals surface area (Å²) in [5, 5.41) is 14.7. The summed E-state index contributed by atoms with van der Waals surface area (Å²) in [6.07, 6.45) is 1.70. The van der Waals surface area contributed by atoms with Crippen LogP contribution in [0.4, 0.5) is 0 Å². The van der Waals surface area contributed by atoms with E-state index in [1.54, 1.807) is 4.90 Å². The molecule has 2 fully saturated rings. The van der Waals surface area contributed by atoms with Crippen LogP contribution in [-0.2, 0) is 16.0 Å². The molecular weight excluding hydrogens is 310 g/mol. The molecular formula is C17H27N3O4. The Morgan fingerprint density at radius 2 is 2.04 bits per heavy atom. The first-order valence-corrected chi connectivity index (χ1v) is 8.69. The lowest BCUT2D eigenvalue weighted by atomic mass is 10.0. The van der Waals surface area contributed by atoms with E-state index < -0.39 is 5.60 Å². The monoisotopic (exact) mass is 337 g/mol. The number of carbonyl (C=O) groups excluding carboxylic acids is 1. The van der Waals surface area contributed by atoms with Gasteiger partial charge in [0.05, 0.1) is 31.1 Å². The molecule has 1 aromatic rings. The molecule has 0 bridgehead atoms. The zero-order valence-electron chi connectivity index (χ0n) is 14.6. The third kappa shape index (κ3) is 3.96. The molecule has 24 heavy (non-hydrogen) atoms. The van der Waals surface area contributed by atoms with E-state index >= 15 is 0 Å². The standard InChI is InChI=1S/C17H27N3O4/c1-13-15(14(2)24-18-13)3-4-16(21)20-6-5-17(22,12-20)11-19-7-9-23-10-8-19/h22H,3-12H2,1-2H3. The number of β-amino-alcohol motifs (C(OH)–C–C–N with tert-alkyl or cyclic N) is 1. The van der Waals surface area contributed by atoms with Crippen LogP contribution in [-0.4, -0.2) is 77.5 Å². The van der Waals surface area contributed by atoms with E-state index in [9.17, 15) is 9.90 Å². The van der Waals surface area contributed by atoms with Gasteiger partial charge in [-0.15, -0.1) is 0 Å². The summed E-state index contributed by atoms with van der Waals surface area (Å²) < 4.78 is 10.5. The van der Waals surface area contributed by atoms with Crippen LogP contribution in [0, 0.1) is 13.8 Å². The minimum atomic E-state index is -0.796. The number of amides is 1. The summed E-state index contributed by atoms with van der Waals surface area (Å²) in [5.41, 5.74) is 1.08.